The largest absolute Gasteiger partial charge is 0.491 e. The highest BCUT2D eigenvalue weighted by Gasteiger charge is 2.10. The molecule has 3 heterocycles. The van der Waals surface area contributed by atoms with E-state index < -0.39 is 0 Å². The zero-order valence-corrected chi connectivity index (χ0v) is 11.5. The summed E-state index contributed by atoms with van der Waals surface area (Å²) < 4.78 is 5.73. The lowest BCUT2D eigenvalue weighted by molar-refractivity contribution is 0.237. The standard InChI is InChI=1S/C16H19N3O/c1-2-8-17-15(5-1)16-7-6-14(13-18-16)20-12-11-19-9-3-4-10-19/h1-2,5-8,13H,3-4,9-12H2. The number of aromatic nitrogens is 2. The topological polar surface area (TPSA) is 38.2 Å². The molecule has 4 nitrogen and oxygen atoms in total. The summed E-state index contributed by atoms with van der Waals surface area (Å²) in [6, 6.07) is 9.73. The van der Waals surface area contributed by atoms with Gasteiger partial charge in [-0.1, -0.05) is 6.07 Å². The van der Waals surface area contributed by atoms with Crippen molar-refractivity contribution in [3.05, 3.63) is 42.7 Å². The number of hydrogen-bond acceptors (Lipinski definition) is 4. The minimum Gasteiger partial charge on any atom is -0.491 e. The molecular formula is C16H19N3O. The molecule has 1 aliphatic heterocycles. The van der Waals surface area contributed by atoms with Crippen LogP contribution in [0, 0.1) is 0 Å². The molecule has 0 aromatic carbocycles. The summed E-state index contributed by atoms with van der Waals surface area (Å²) in [4.78, 5) is 11.1. The van der Waals surface area contributed by atoms with Gasteiger partial charge in [-0.25, -0.2) is 0 Å². The van der Waals surface area contributed by atoms with E-state index in [-0.39, 0.29) is 0 Å². The average Bonchev–Trinajstić information content (AvgIpc) is 3.02. The molecule has 1 fully saturated rings. The van der Waals surface area contributed by atoms with Gasteiger partial charge in [-0.2, -0.15) is 0 Å². The van der Waals surface area contributed by atoms with Gasteiger partial charge in [-0.05, 0) is 50.2 Å². The van der Waals surface area contributed by atoms with E-state index in [1.165, 1.54) is 25.9 Å². The average molecular weight is 269 g/mol. The van der Waals surface area contributed by atoms with Gasteiger partial charge < -0.3 is 4.74 Å². The molecule has 0 N–H and O–H groups in total. The molecule has 0 unspecified atom stereocenters. The van der Waals surface area contributed by atoms with Gasteiger partial charge in [0, 0.05) is 12.7 Å². The molecule has 2 aromatic heterocycles. The molecule has 4 heteroatoms. The molecule has 3 rings (SSSR count). The third-order valence-electron chi connectivity index (χ3n) is 3.54. The third kappa shape index (κ3) is 3.33. The van der Waals surface area contributed by atoms with Gasteiger partial charge in [-0.15, -0.1) is 0 Å². The van der Waals surface area contributed by atoms with Gasteiger partial charge >= 0.3 is 0 Å². The van der Waals surface area contributed by atoms with E-state index in [1.807, 2.05) is 30.3 Å². The summed E-state index contributed by atoms with van der Waals surface area (Å²) in [6.45, 7) is 4.15. The minimum atomic E-state index is 0.727. The Labute approximate surface area is 119 Å². The fraction of sp³-hybridized carbons (Fsp3) is 0.375. The first kappa shape index (κ1) is 13.1. The zero-order chi connectivity index (χ0) is 13.6. The van der Waals surface area contributed by atoms with E-state index in [9.17, 15) is 0 Å². The van der Waals surface area contributed by atoms with Gasteiger partial charge in [0.2, 0.25) is 0 Å². The van der Waals surface area contributed by atoms with Gasteiger partial charge in [0.25, 0.3) is 0 Å². The monoisotopic (exact) mass is 269 g/mol. The van der Waals surface area contributed by atoms with Crippen LogP contribution in [0.15, 0.2) is 42.7 Å². The van der Waals surface area contributed by atoms with Crippen molar-refractivity contribution in [1.82, 2.24) is 14.9 Å². The summed E-state index contributed by atoms with van der Waals surface area (Å²) in [6.07, 6.45) is 6.19. The highest BCUT2D eigenvalue weighted by Crippen LogP contribution is 2.17. The Balaban J connectivity index is 1.53. The minimum absolute atomic E-state index is 0.727. The number of rotatable bonds is 5. The quantitative estimate of drug-likeness (QED) is 0.836. The van der Waals surface area contributed by atoms with Crippen LogP contribution in [-0.4, -0.2) is 41.1 Å². The summed E-state index contributed by atoms with van der Waals surface area (Å²) in [5.41, 5.74) is 1.76. The van der Waals surface area contributed by atoms with Crippen molar-refractivity contribution in [3.63, 3.8) is 0 Å². The lowest BCUT2D eigenvalue weighted by Gasteiger charge is -2.14. The molecular weight excluding hydrogens is 250 g/mol. The summed E-state index contributed by atoms with van der Waals surface area (Å²) >= 11 is 0. The van der Waals surface area contributed by atoms with E-state index in [1.54, 1.807) is 12.4 Å². The van der Waals surface area contributed by atoms with Crippen molar-refractivity contribution < 1.29 is 4.74 Å². The highest BCUT2D eigenvalue weighted by molar-refractivity contribution is 5.53. The molecule has 0 spiro atoms. The first-order valence-electron chi connectivity index (χ1n) is 7.14. The van der Waals surface area contributed by atoms with Crippen LogP contribution in [0.5, 0.6) is 5.75 Å². The first-order valence-corrected chi connectivity index (χ1v) is 7.14. The van der Waals surface area contributed by atoms with Gasteiger partial charge in [0.1, 0.15) is 12.4 Å². The third-order valence-corrected chi connectivity index (χ3v) is 3.54. The van der Waals surface area contributed by atoms with Crippen molar-refractivity contribution in [1.29, 1.82) is 0 Å². The highest BCUT2D eigenvalue weighted by atomic mass is 16.5. The molecule has 20 heavy (non-hydrogen) atoms. The first-order chi connectivity index (χ1) is 9.92. The van der Waals surface area contributed by atoms with E-state index in [4.69, 9.17) is 4.74 Å². The predicted octanol–water partition coefficient (Wildman–Crippen LogP) is 2.62. The molecule has 0 amide bonds. The normalized spacial score (nSPS) is 15.4. The SMILES string of the molecule is c1ccc(-c2ccc(OCCN3CCCC3)cn2)nc1. The van der Waals surface area contributed by atoms with Crippen molar-refractivity contribution >= 4 is 0 Å². The molecule has 2 aromatic rings. The van der Waals surface area contributed by atoms with Crippen LogP contribution in [0.3, 0.4) is 0 Å². The van der Waals surface area contributed by atoms with Crippen LogP contribution in [0.1, 0.15) is 12.8 Å². The molecule has 0 radical (unpaired) electrons. The zero-order valence-electron chi connectivity index (χ0n) is 11.5. The summed E-state index contributed by atoms with van der Waals surface area (Å²) in [7, 11) is 0. The maximum atomic E-state index is 5.73. The predicted molar refractivity (Wildman–Crippen MR) is 78.6 cm³/mol. The van der Waals surface area contributed by atoms with Crippen LogP contribution in [0.2, 0.25) is 0 Å². The van der Waals surface area contributed by atoms with Crippen LogP contribution in [0.25, 0.3) is 11.4 Å². The second-order valence-electron chi connectivity index (χ2n) is 4.99. The number of hydrogen-bond donors (Lipinski definition) is 0. The number of likely N-dealkylation sites (tertiary alicyclic amines) is 1. The smallest absolute Gasteiger partial charge is 0.137 e. The van der Waals surface area contributed by atoms with Gasteiger partial charge in [0.15, 0.2) is 0 Å². The Morgan fingerprint density at radius 1 is 1.00 bits per heavy atom. The Hall–Kier alpha value is -1.94. The number of ether oxygens (including phenoxy) is 1. The molecule has 0 bridgehead atoms. The molecule has 0 atom stereocenters. The van der Waals surface area contributed by atoms with Crippen molar-refractivity contribution in [2.45, 2.75) is 12.8 Å². The number of pyridine rings is 2. The van der Waals surface area contributed by atoms with E-state index in [0.29, 0.717) is 0 Å². The molecule has 1 saturated heterocycles. The molecule has 0 aliphatic carbocycles. The number of nitrogens with zero attached hydrogens (tertiary/aromatic N) is 3. The summed E-state index contributed by atoms with van der Waals surface area (Å²) in [5.74, 6) is 0.823. The van der Waals surface area contributed by atoms with Crippen molar-refractivity contribution in [2.75, 3.05) is 26.2 Å². The van der Waals surface area contributed by atoms with Crippen molar-refractivity contribution in [3.8, 4) is 17.1 Å². The fourth-order valence-corrected chi connectivity index (χ4v) is 2.43. The molecule has 1 aliphatic rings. The Kier molecular flexibility index (Phi) is 4.23. The summed E-state index contributed by atoms with van der Waals surface area (Å²) in [5, 5.41) is 0. The van der Waals surface area contributed by atoms with Gasteiger partial charge in [0.05, 0.1) is 17.6 Å². The second kappa shape index (κ2) is 6.48. The molecule has 104 valence electrons. The Morgan fingerprint density at radius 3 is 2.55 bits per heavy atom. The Bertz CT molecular complexity index is 521. The fourth-order valence-electron chi connectivity index (χ4n) is 2.43. The van der Waals surface area contributed by atoms with Crippen molar-refractivity contribution in [2.24, 2.45) is 0 Å². The van der Waals surface area contributed by atoms with Crippen LogP contribution >= 0.6 is 0 Å². The van der Waals surface area contributed by atoms with E-state index in [0.717, 1.165) is 30.3 Å². The second-order valence-corrected chi connectivity index (χ2v) is 4.99. The maximum absolute atomic E-state index is 5.73. The van der Waals surface area contributed by atoms with Crippen LogP contribution in [0.4, 0.5) is 0 Å². The van der Waals surface area contributed by atoms with E-state index in [2.05, 4.69) is 14.9 Å². The van der Waals surface area contributed by atoms with Crippen LogP contribution in [-0.2, 0) is 0 Å². The Morgan fingerprint density at radius 2 is 1.85 bits per heavy atom. The maximum Gasteiger partial charge on any atom is 0.137 e. The lowest BCUT2D eigenvalue weighted by atomic mass is 10.2. The van der Waals surface area contributed by atoms with Crippen LogP contribution < -0.4 is 4.74 Å². The lowest BCUT2D eigenvalue weighted by Crippen LogP contribution is -2.25. The van der Waals surface area contributed by atoms with E-state index >= 15 is 0 Å². The van der Waals surface area contributed by atoms with Gasteiger partial charge in [-0.3, -0.25) is 14.9 Å². The molecule has 0 saturated carbocycles.